The third-order valence-corrected chi connectivity index (χ3v) is 4.85. The number of amides is 1. The molecule has 0 aliphatic carbocycles. The molecule has 1 heterocycles. The summed E-state index contributed by atoms with van der Waals surface area (Å²) in [7, 11) is 0. The van der Waals surface area contributed by atoms with E-state index in [0.29, 0.717) is 6.54 Å². The molecule has 0 aliphatic heterocycles. The number of aryl methyl sites for hydroxylation is 1. The second-order valence-electron chi connectivity index (χ2n) is 6.69. The quantitative estimate of drug-likeness (QED) is 0.561. The van der Waals surface area contributed by atoms with Crippen LogP contribution in [-0.2, 0) is 13.1 Å². The van der Waals surface area contributed by atoms with Gasteiger partial charge in [-0.05, 0) is 42.3 Å². The van der Waals surface area contributed by atoms with Crippen molar-refractivity contribution in [2.24, 2.45) is 0 Å². The van der Waals surface area contributed by atoms with Crippen molar-refractivity contribution in [3.8, 4) is 0 Å². The Labute approximate surface area is 162 Å². The molecule has 0 unspecified atom stereocenters. The average molecular weight is 373 g/mol. The third kappa shape index (κ3) is 3.51. The highest BCUT2D eigenvalue weighted by Crippen LogP contribution is 2.19. The number of imidazole rings is 1. The summed E-state index contributed by atoms with van der Waals surface area (Å²) < 4.78 is 16.0. The number of carbonyl (C=O) groups excluding carboxylic acids is 1. The van der Waals surface area contributed by atoms with Crippen LogP contribution in [0.2, 0.25) is 0 Å². The lowest BCUT2D eigenvalue weighted by atomic mass is 10.1. The molecule has 1 aromatic heterocycles. The average Bonchev–Trinajstić information content (AvgIpc) is 3.06. The molecule has 1 N–H and O–H groups in total. The maximum atomic E-state index is 13.9. The minimum Gasteiger partial charge on any atom is -0.345 e. The predicted octanol–water partition coefficient (Wildman–Crippen LogP) is 4.46. The first kappa shape index (κ1) is 17.9. The number of aromatic nitrogens is 2. The van der Waals surface area contributed by atoms with Gasteiger partial charge in [0.25, 0.3) is 5.91 Å². The number of nitrogens with one attached hydrogen (secondary N) is 1. The Bertz CT molecular complexity index is 1150. The minimum atomic E-state index is -0.534. The summed E-state index contributed by atoms with van der Waals surface area (Å²) >= 11 is 0. The summed E-state index contributed by atoms with van der Waals surface area (Å²) in [4.78, 5) is 17.1. The van der Waals surface area contributed by atoms with Crippen LogP contribution in [0.25, 0.3) is 11.0 Å². The summed E-state index contributed by atoms with van der Waals surface area (Å²) in [5.41, 5.74) is 4.28. The van der Waals surface area contributed by atoms with Gasteiger partial charge in [-0.25, -0.2) is 9.37 Å². The molecule has 0 spiro atoms. The smallest absolute Gasteiger partial charge is 0.254 e. The summed E-state index contributed by atoms with van der Waals surface area (Å²) in [5, 5.41) is 2.80. The van der Waals surface area contributed by atoms with Gasteiger partial charge >= 0.3 is 0 Å². The number of carbonyl (C=O) groups is 1. The lowest BCUT2D eigenvalue weighted by Crippen LogP contribution is -2.25. The number of para-hydroxylation sites is 2. The highest BCUT2D eigenvalue weighted by atomic mass is 19.1. The van der Waals surface area contributed by atoms with Gasteiger partial charge in [0.1, 0.15) is 11.6 Å². The summed E-state index contributed by atoms with van der Waals surface area (Å²) in [6.07, 6.45) is 0. The largest absolute Gasteiger partial charge is 0.345 e. The molecule has 0 aliphatic rings. The van der Waals surface area contributed by atoms with E-state index in [1.165, 1.54) is 23.3 Å². The normalized spacial score (nSPS) is 10.9. The molecule has 4 rings (SSSR count). The van der Waals surface area contributed by atoms with Gasteiger partial charge < -0.3 is 9.88 Å². The maximum Gasteiger partial charge on any atom is 0.254 e. The molecule has 4 nitrogen and oxygen atoms in total. The second-order valence-corrected chi connectivity index (χ2v) is 6.69. The van der Waals surface area contributed by atoms with E-state index in [1.54, 1.807) is 12.1 Å². The van der Waals surface area contributed by atoms with Crippen molar-refractivity contribution < 1.29 is 9.18 Å². The van der Waals surface area contributed by atoms with E-state index in [9.17, 15) is 9.18 Å². The molecule has 140 valence electrons. The summed E-state index contributed by atoms with van der Waals surface area (Å²) in [6, 6.07) is 22.0. The first-order valence-electron chi connectivity index (χ1n) is 9.15. The Hall–Kier alpha value is -3.47. The van der Waals surface area contributed by atoms with Gasteiger partial charge in [-0.3, -0.25) is 4.79 Å². The van der Waals surface area contributed by atoms with Gasteiger partial charge in [0, 0.05) is 6.54 Å². The standard InChI is InChI=1S/C23H20FN3O/c1-16-8-2-3-9-17(16)15-27-21-13-7-6-12-20(21)26-22(27)14-25-23(28)18-10-4-5-11-19(18)24/h2-13H,14-15H2,1H3,(H,25,28). The molecule has 0 bridgehead atoms. The molecule has 4 aromatic rings. The van der Waals surface area contributed by atoms with Crippen LogP contribution in [0, 0.1) is 12.7 Å². The van der Waals surface area contributed by atoms with Crippen molar-refractivity contribution in [2.45, 2.75) is 20.0 Å². The van der Waals surface area contributed by atoms with Gasteiger partial charge in [0.2, 0.25) is 0 Å². The summed E-state index contributed by atoms with van der Waals surface area (Å²) in [5.74, 6) is -0.254. The Balaban J connectivity index is 1.64. The Morgan fingerprint density at radius 3 is 2.54 bits per heavy atom. The van der Waals surface area contributed by atoms with Crippen LogP contribution < -0.4 is 5.32 Å². The van der Waals surface area contributed by atoms with Gasteiger partial charge in [-0.15, -0.1) is 0 Å². The number of hydrogen-bond donors (Lipinski definition) is 1. The molecular formula is C23H20FN3O. The first-order valence-corrected chi connectivity index (χ1v) is 9.15. The lowest BCUT2D eigenvalue weighted by Gasteiger charge is -2.12. The molecule has 0 atom stereocenters. The molecule has 28 heavy (non-hydrogen) atoms. The fraction of sp³-hybridized carbons (Fsp3) is 0.130. The number of nitrogens with zero attached hydrogens (tertiary/aromatic N) is 2. The van der Waals surface area contributed by atoms with E-state index in [1.807, 2.05) is 36.4 Å². The Morgan fingerprint density at radius 1 is 1.00 bits per heavy atom. The zero-order chi connectivity index (χ0) is 19.5. The topological polar surface area (TPSA) is 46.9 Å². The number of halogens is 1. The fourth-order valence-electron chi connectivity index (χ4n) is 3.29. The van der Waals surface area contributed by atoms with Gasteiger partial charge in [0.05, 0.1) is 23.1 Å². The van der Waals surface area contributed by atoms with Crippen molar-refractivity contribution in [2.75, 3.05) is 0 Å². The van der Waals surface area contributed by atoms with Crippen LogP contribution in [0.5, 0.6) is 0 Å². The third-order valence-electron chi connectivity index (χ3n) is 4.85. The zero-order valence-electron chi connectivity index (χ0n) is 15.5. The highest BCUT2D eigenvalue weighted by Gasteiger charge is 2.15. The van der Waals surface area contributed by atoms with E-state index in [-0.39, 0.29) is 12.1 Å². The van der Waals surface area contributed by atoms with E-state index in [0.717, 1.165) is 16.9 Å². The zero-order valence-corrected chi connectivity index (χ0v) is 15.5. The molecule has 0 saturated carbocycles. The van der Waals surface area contributed by atoms with Crippen LogP contribution in [0.15, 0.2) is 72.8 Å². The van der Waals surface area contributed by atoms with E-state index < -0.39 is 11.7 Å². The van der Waals surface area contributed by atoms with Gasteiger partial charge in [-0.2, -0.15) is 0 Å². The van der Waals surface area contributed by atoms with E-state index >= 15 is 0 Å². The molecule has 1 amide bonds. The van der Waals surface area contributed by atoms with Crippen LogP contribution in [0.3, 0.4) is 0 Å². The van der Waals surface area contributed by atoms with E-state index in [4.69, 9.17) is 0 Å². The SMILES string of the molecule is Cc1ccccc1Cn1c(CNC(=O)c2ccccc2F)nc2ccccc21. The Kier molecular flexibility index (Phi) is 4.89. The molecule has 0 fully saturated rings. The summed E-state index contributed by atoms with van der Waals surface area (Å²) in [6.45, 7) is 2.94. The fourth-order valence-corrected chi connectivity index (χ4v) is 3.29. The maximum absolute atomic E-state index is 13.9. The van der Waals surface area contributed by atoms with Crippen molar-refractivity contribution in [1.29, 1.82) is 0 Å². The van der Waals surface area contributed by atoms with Crippen LogP contribution in [-0.4, -0.2) is 15.5 Å². The highest BCUT2D eigenvalue weighted by molar-refractivity contribution is 5.94. The van der Waals surface area contributed by atoms with Crippen LogP contribution in [0.1, 0.15) is 27.3 Å². The first-order chi connectivity index (χ1) is 13.6. The number of benzene rings is 3. The molecule has 3 aromatic carbocycles. The van der Waals surface area contributed by atoms with Crippen molar-refractivity contribution >= 4 is 16.9 Å². The van der Waals surface area contributed by atoms with Gasteiger partial charge in [0.15, 0.2) is 0 Å². The van der Waals surface area contributed by atoms with Gasteiger partial charge in [-0.1, -0.05) is 48.5 Å². The van der Waals surface area contributed by atoms with Crippen molar-refractivity contribution in [3.63, 3.8) is 0 Å². The van der Waals surface area contributed by atoms with Crippen molar-refractivity contribution in [3.05, 3.63) is 101 Å². The second kappa shape index (κ2) is 7.64. The monoisotopic (exact) mass is 373 g/mol. The molecule has 5 heteroatoms. The Morgan fingerprint density at radius 2 is 1.71 bits per heavy atom. The molecule has 0 saturated heterocycles. The molecular weight excluding hydrogens is 353 g/mol. The minimum absolute atomic E-state index is 0.0315. The van der Waals surface area contributed by atoms with Crippen LogP contribution in [0.4, 0.5) is 4.39 Å². The number of hydrogen-bond acceptors (Lipinski definition) is 2. The lowest BCUT2D eigenvalue weighted by molar-refractivity contribution is 0.0945. The van der Waals surface area contributed by atoms with E-state index in [2.05, 4.69) is 33.9 Å². The molecule has 0 radical (unpaired) electrons. The number of fused-ring (bicyclic) bond motifs is 1. The van der Waals surface area contributed by atoms with Crippen molar-refractivity contribution in [1.82, 2.24) is 14.9 Å². The van der Waals surface area contributed by atoms with Crippen LogP contribution >= 0.6 is 0 Å². The number of rotatable bonds is 5. The predicted molar refractivity (Wildman–Crippen MR) is 108 cm³/mol.